The van der Waals surface area contributed by atoms with Crippen LogP contribution in [0.25, 0.3) is 0 Å². The van der Waals surface area contributed by atoms with Gasteiger partial charge in [0.25, 0.3) is 0 Å². The molecule has 0 aliphatic heterocycles. The molecule has 0 aromatic heterocycles. The maximum Gasteiger partial charge on any atom is 0.334 e. The van der Waals surface area contributed by atoms with Crippen LogP contribution in [0.5, 0.6) is 0 Å². The molecule has 19 heavy (non-hydrogen) atoms. The number of carbonyl (C=O) groups excluding carboxylic acids is 1. The van der Waals surface area contributed by atoms with Crippen LogP contribution in [0.15, 0.2) is 0 Å². The Bertz CT molecular complexity index is 294. The van der Waals surface area contributed by atoms with Crippen LogP contribution in [0.2, 0.25) is 0 Å². The highest BCUT2D eigenvalue weighted by Gasteiger charge is 2.20. The number of hydrogen-bond donors (Lipinski definition) is 3. The number of aliphatic carboxylic acids is 1. The van der Waals surface area contributed by atoms with E-state index in [2.05, 4.69) is 15.4 Å². The molecule has 0 radical (unpaired) electrons. The lowest BCUT2D eigenvalue weighted by atomic mass is 10.3. The average molecular weight is 274 g/mol. The molecule has 0 bridgehead atoms. The standard InChI is InChI=1S/C12H22N2O5/c1-18-10(11(15)16)7-14-12(17)13-5-2-6-19-8-9-3-4-9/h9-10H,2-8H2,1H3,(H,15,16)(H2,13,14,17). The number of methoxy groups -OCH3 is 1. The van der Waals surface area contributed by atoms with Gasteiger partial charge in [0.15, 0.2) is 6.10 Å². The zero-order valence-electron chi connectivity index (χ0n) is 11.2. The van der Waals surface area contributed by atoms with Crippen molar-refractivity contribution in [2.75, 3.05) is 33.4 Å². The molecule has 0 spiro atoms. The van der Waals surface area contributed by atoms with E-state index in [4.69, 9.17) is 9.84 Å². The van der Waals surface area contributed by atoms with Gasteiger partial charge in [-0.25, -0.2) is 9.59 Å². The van der Waals surface area contributed by atoms with Gasteiger partial charge in [0.2, 0.25) is 0 Å². The monoisotopic (exact) mass is 274 g/mol. The van der Waals surface area contributed by atoms with E-state index in [0.29, 0.717) is 13.2 Å². The third kappa shape index (κ3) is 7.63. The smallest absolute Gasteiger partial charge is 0.334 e. The Morgan fingerprint density at radius 1 is 1.37 bits per heavy atom. The van der Waals surface area contributed by atoms with Gasteiger partial charge < -0.3 is 25.2 Å². The quantitative estimate of drug-likeness (QED) is 0.495. The van der Waals surface area contributed by atoms with E-state index in [1.807, 2.05) is 0 Å². The Morgan fingerprint density at radius 3 is 2.68 bits per heavy atom. The van der Waals surface area contributed by atoms with Crippen molar-refractivity contribution in [1.82, 2.24) is 10.6 Å². The molecule has 0 aromatic rings. The van der Waals surface area contributed by atoms with E-state index in [1.54, 1.807) is 0 Å². The molecule has 1 rings (SSSR count). The third-order valence-corrected chi connectivity index (χ3v) is 2.81. The van der Waals surface area contributed by atoms with Gasteiger partial charge in [0, 0.05) is 26.9 Å². The summed E-state index contributed by atoms with van der Waals surface area (Å²) in [4.78, 5) is 21.9. The van der Waals surface area contributed by atoms with Crippen molar-refractivity contribution < 1.29 is 24.2 Å². The fraction of sp³-hybridized carbons (Fsp3) is 0.833. The number of rotatable bonds is 10. The van der Waals surface area contributed by atoms with Crippen molar-refractivity contribution >= 4 is 12.0 Å². The van der Waals surface area contributed by atoms with Crippen LogP contribution in [0, 0.1) is 5.92 Å². The first-order chi connectivity index (χ1) is 9.13. The molecule has 0 saturated heterocycles. The Labute approximate surface area is 112 Å². The summed E-state index contributed by atoms with van der Waals surface area (Å²) in [5.74, 6) is -0.352. The fourth-order valence-electron chi connectivity index (χ4n) is 1.43. The van der Waals surface area contributed by atoms with Crippen LogP contribution in [0.4, 0.5) is 4.79 Å². The Kier molecular flexibility index (Phi) is 7.20. The van der Waals surface area contributed by atoms with Crippen molar-refractivity contribution in [2.45, 2.75) is 25.4 Å². The van der Waals surface area contributed by atoms with Crippen LogP contribution in [0.3, 0.4) is 0 Å². The molecule has 0 heterocycles. The van der Waals surface area contributed by atoms with E-state index in [1.165, 1.54) is 20.0 Å². The van der Waals surface area contributed by atoms with Crippen LogP contribution >= 0.6 is 0 Å². The van der Waals surface area contributed by atoms with Crippen molar-refractivity contribution in [1.29, 1.82) is 0 Å². The first kappa shape index (κ1) is 15.7. The van der Waals surface area contributed by atoms with Gasteiger partial charge in [-0.1, -0.05) is 0 Å². The maximum absolute atomic E-state index is 11.3. The van der Waals surface area contributed by atoms with Crippen LogP contribution < -0.4 is 10.6 Å². The minimum atomic E-state index is -1.10. The summed E-state index contributed by atoms with van der Waals surface area (Å²) in [5, 5.41) is 13.8. The number of hydrogen-bond acceptors (Lipinski definition) is 4. The number of urea groups is 1. The number of ether oxygens (including phenoxy) is 2. The number of nitrogens with one attached hydrogen (secondary N) is 2. The Morgan fingerprint density at radius 2 is 2.11 bits per heavy atom. The second kappa shape index (κ2) is 8.71. The molecule has 1 unspecified atom stereocenters. The molecule has 1 aliphatic carbocycles. The summed E-state index contributed by atoms with van der Waals surface area (Å²) >= 11 is 0. The van der Waals surface area contributed by atoms with Gasteiger partial charge in [0.05, 0.1) is 6.54 Å². The zero-order chi connectivity index (χ0) is 14.1. The van der Waals surface area contributed by atoms with Crippen molar-refractivity contribution in [3.63, 3.8) is 0 Å². The number of amides is 2. The summed E-state index contributed by atoms with van der Waals surface area (Å²) in [6, 6.07) is -0.398. The predicted molar refractivity (Wildman–Crippen MR) is 68.0 cm³/mol. The summed E-state index contributed by atoms with van der Waals surface area (Å²) in [6.45, 7) is 1.89. The van der Waals surface area contributed by atoms with E-state index in [9.17, 15) is 9.59 Å². The molecular formula is C12H22N2O5. The molecule has 1 fully saturated rings. The predicted octanol–water partition coefficient (Wildman–Crippen LogP) is 0.202. The normalized spacial score (nSPS) is 15.8. The van der Waals surface area contributed by atoms with Crippen molar-refractivity contribution in [2.24, 2.45) is 5.92 Å². The van der Waals surface area contributed by atoms with E-state index in [-0.39, 0.29) is 6.54 Å². The van der Waals surface area contributed by atoms with Gasteiger partial charge in [-0.15, -0.1) is 0 Å². The number of carbonyl (C=O) groups is 2. The van der Waals surface area contributed by atoms with E-state index in [0.717, 1.165) is 18.9 Å². The van der Waals surface area contributed by atoms with Crippen LogP contribution in [-0.2, 0) is 14.3 Å². The fourth-order valence-corrected chi connectivity index (χ4v) is 1.43. The minimum absolute atomic E-state index is 0.0597. The molecular weight excluding hydrogens is 252 g/mol. The molecule has 7 heteroatoms. The maximum atomic E-state index is 11.3. The molecule has 7 nitrogen and oxygen atoms in total. The molecule has 1 aliphatic rings. The van der Waals surface area contributed by atoms with E-state index < -0.39 is 18.1 Å². The SMILES string of the molecule is COC(CNC(=O)NCCCOCC1CC1)C(=O)O. The van der Waals surface area contributed by atoms with Gasteiger partial charge in [-0.3, -0.25) is 0 Å². The lowest BCUT2D eigenvalue weighted by Crippen LogP contribution is -2.43. The first-order valence-corrected chi connectivity index (χ1v) is 6.48. The molecule has 110 valence electrons. The topological polar surface area (TPSA) is 96.9 Å². The molecule has 2 amide bonds. The van der Waals surface area contributed by atoms with Gasteiger partial charge in [-0.2, -0.15) is 0 Å². The molecule has 1 atom stereocenters. The van der Waals surface area contributed by atoms with E-state index >= 15 is 0 Å². The molecule has 3 N–H and O–H groups in total. The second-order valence-corrected chi connectivity index (χ2v) is 4.57. The number of carboxylic acids is 1. The lowest BCUT2D eigenvalue weighted by Gasteiger charge is -2.12. The zero-order valence-corrected chi connectivity index (χ0v) is 11.2. The van der Waals surface area contributed by atoms with Crippen molar-refractivity contribution in [3.05, 3.63) is 0 Å². The lowest BCUT2D eigenvalue weighted by molar-refractivity contribution is -0.147. The van der Waals surface area contributed by atoms with Gasteiger partial charge in [-0.05, 0) is 25.2 Å². The Balaban J connectivity index is 1.92. The van der Waals surface area contributed by atoms with Gasteiger partial charge in [0.1, 0.15) is 0 Å². The summed E-state index contributed by atoms with van der Waals surface area (Å²) in [6.07, 6.45) is 2.26. The molecule has 0 aromatic carbocycles. The minimum Gasteiger partial charge on any atom is -0.479 e. The molecule has 1 saturated carbocycles. The number of carboxylic acid groups (broad SMARTS) is 1. The van der Waals surface area contributed by atoms with Gasteiger partial charge >= 0.3 is 12.0 Å². The van der Waals surface area contributed by atoms with Crippen LogP contribution in [-0.4, -0.2) is 56.6 Å². The first-order valence-electron chi connectivity index (χ1n) is 6.48. The van der Waals surface area contributed by atoms with Crippen LogP contribution in [0.1, 0.15) is 19.3 Å². The highest BCUT2D eigenvalue weighted by atomic mass is 16.5. The van der Waals surface area contributed by atoms with Crippen molar-refractivity contribution in [3.8, 4) is 0 Å². The highest BCUT2D eigenvalue weighted by molar-refractivity contribution is 5.76. The second-order valence-electron chi connectivity index (χ2n) is 4.57. The highest BCUT2D eigenvalue weighted by Crippen LogP contribution is 2.28. The Hall–Kier alpha value is -1.34. The summed E-state index contributed by atoms with van der Waals surface area (Å²) in [5.41, 5.74) is 0. The largest absolute Gasteiger partial charge is 0.479 e. The average Bonchev–Trinajstić information content (AvgIpc) is 3.18. The summed E-state index contributed by atoms with van der Waals surface area (Å²) < 4.78 is 10.1. The third-order valence-electron chi connectivity index (χ3n) is 2.81. The summed E-state index contributed by atoms with van der Waals surface area (Å²) in [7, 11) is 1.29.